The summed E-state index contributed by atoms with van der Waals surface area (Å²) in [5.74, 6) is -1.19. The van der Waals surface area contributed by atoms with Crippen molar-refractivity contribution in [2.45, 2.75) is 44.9 Å². The van der Waals surface area contributed by atoms with Crippen LogP contribution in [0.25, 0.3) is 0 Å². The van der Waals surface area contributed by atoms with Crippen LogP contribution in [0.15, 0.2) is 24.3 Å². The number of rotatable bonds is 4. The van der Waals surface area contributed by atoms with Gasteiger partial charge in [0.25, 0.3) is 0 Å². The van der Waals surface area contributed by atoms with E-state index in [2.05, 4.69) is 5.32 Å². The Labute approximate surface area is 129 Å². The second kappa shape index (κ2) is 7.08. The molecule has 0 aliphatic heterocycles. The zero-order valence-corrected chi connectivity index (χ0v) is 12.5. The summed E-state index contributed by atoms with van der Waals surface area (Å²) >= 11 is 0. The molecule has 2 N–H and O–H groups in total. The third-order valence-corrected chi connectivity index (χ3v) is 4.29. The summed E-state index contributed by atoms with van der Waals surface area (Å²) < 4.78 is 0. The van der Waals surface area contributed by atoms with Crippen LogP contribution in [0.2, 0.25) is 0 Å². The number of amides is 1. The molecule has 0 spiro atoms. The van der Waals surface area contributed by atoms with Crippen LogP contribution in [0.4, 0.5) is 5.69 Å². The predicted molar refractivity (Wildman–Crippen MR) is 82.2 cm³/mol. The van der Waals surface area contributed by atoms with Gasteiger partial charge in [0, 0.05) is 12.1 Å². The first kappa shape index (κ1) is 16.0. The lowest BCUT2D eigenvalue weighted by Gasteiger charge is -2.27. The molecule has 0 aromatic heterocycles. The largest absolute Gasteiger partial charge is 0.481 e. The monoisotopic (exact) mass is 300 g/mol. The van der Waals surface area contributed by atoms with E-state index in [1.54, 1.807) is 24.3 Å². The van der Waals surface area contributed by atoms with Crippen molar-refractivity contribution < 1.29 is 14.7 Å². The van der Waals surface area contributed by atoms with Crippen molar-refractivity contribution >= 4 is 17.6 Å². The Morgan fingerprint density at radius 1 is 1.23 bits per heavy atom. The third-order valence-electron chi connectivity index (χ3n) is 4.29. The van der Waals surface area contributed by atoms with Gasteiger partial charge in [-0.05, 0) is 31.0 Å². The molecule has 1 aromatic rings. The molecule has 2 rings (SSSR count). The summed E-state index contributed by atoms with van der Waals surface area (Å²) in [5, 5.41) is 21.2. The summed E-state index contributed by atoms with van der Waals surface area (Å²) in [6.07, 6.45) is 4.84. The van der Waals surface area contributed by atoms with Crippen LogP contribution in [0, 0.1) is 16.7 Å². The van der Waals surface area contributed by atoms with E-state index in [1.807, 2.05) is 6.07 Å². The second-order valence-corrected chi connectivity index (χ2v) is 5.92. The first-order chi connectivity index (χ1) is 10.6. The van der Waals surface area contributed by atoms with Crippen LogP contribution in [-0.2, 0) is 9.59 Å². The number of aliphatic carboxylic acids is 1. The van der Waals surface area contributed by atoms with Crippen molar-refractivity contribution in [1.82, 2.24) is 0 Å². The quantitative estimate of drug-likeness (QED) is 0.835. The van der Waals surface area contributed by atoms with Gasteiger partial charge in [0.2, 0.25) is 5.91 Å². The smallest absolute Gasteiger partial charge is 0.310 e. The third kappa shape index (κ3) is 3.85. The van der Waals surface area contributed by atoms with Gasteiger partial charge in [0.1, 0.15) is 0 Å². The van der Waals surface area contributed by atoms with Gasteiger partial charge in [-0.15, -0.1) is 0 Å². The average molecular weight is 300 g/mol. The van der Waals surface area contributed by atoms with Crippen LogP contribution < -0.4 is 5.32 Å². The van der Waals surface area contributed by atoms with Crippen LogP contribution in [0.5, 0.6) is 0 Å². The number of anilines is 1. The standard InChI is InChI=1S/C17H20N2O3/c18-12-13-6-5-7-14(10-13)19-15(20)11-17(16(21)22)8-3-1-2-4-9-17/h5-7,10H,1-4,8-9,11H2,(H,19,20)(H,21,22). The number of carboxylic acids is 1. The molecule has 5 heteroatoms. The van der Waals surface area contributed by atoms with Gasteiger partial charge >= 0.3 is 5.97 Å². The Morgan fingerprint density at radius 2 is 1.91 bits per heavy atom. The first-order valence-electron chi connectivity index (χ1n) is 7.59. The van der Waals surface area contributed by atoms with Crippen molar-refractivity contribution in [3.63, 3.8) is 0 Å². The minimum absolute atomic E-state index is 0.0148. The number of carbonyl (C=O) groups excluding carboxylic acids is 1. The molecule has 0 atom stereocenters. The molecule has 0 radical (unpaired) electrons. The summed E-state index contributed by atoms with van der Waals surface area (Å²) in [6.45, 7) is 0. The SMILES string of the molecule is N#Cc1cccc(NC(=O)CC2(C(=O)O)CCCCCC2)c1. The zero-order valence-electron chi connectivity index (χ0n) is 12.5. The van der Waals surface area contributed by atoms with Crippen molar-refractivity contribution in [3.8, 4) is 6.07 Å². The van der Waals surface area contributed by atoms with Crippen molar-refractivity contribution in [3.05, 3.63) is 29.8 Å². The van der Waals surface area contributed by atoms with E-state index in [9.17, 15) is 14.7 Å². The van der Waals surface area contributed by atoms with Crippen LogP contribution in [0.1, 0.15) is 50.5 Å². The van der Waals surface area contributed by atoms with Crippen molar-refractivity contribution in [1.29, 1.82) is 5.26 Å². The molecular formula is C17H20N2O3. The Hall–Kier alpha value is -2.35. The molecule has 1 amide bonds. The van der Waals surface area contributed by atoms with Gasteiger partial charge in [-0.3, -0.25) is 9.59 Å². The second-order valence-electron chi connectivity index (χ2n) is 5.92. The van der Waals surface area contributed by atoms with Gasteiger partial charge in [-0.1, -0.05) is 31.7 Å². The Kier molecular flexibility index (Phi) is 5.16. The van der Waals surface area contributed by atoms with Gasteiger partial charge in [-0.2, -0.15) is 5.26 Å². The van der Waals surface area contributed by atoms with Crippen LogP contribution in [-0.4, -0.2) is 17.0 Å². The van der Waals surface area contributed by atoms with E-state index in [4.69, 9.17) is 5.26 Å². The molecule has 1 aromatic carbocycles. The highest BCUT2D eigenvalue weighted by atomic mass is 16.4. The van der Waals surface area contributed by atoms with Gasteiger partial charge in [0.15, 0.2) is 0 Å². The van der Waals surface area contributed by atoms with Crippen molar-refractivity contribution in [2.24, 2.45) is 5.41 Å². The molecule has 0 unspecified atom stereocenters. The highest BCUT2D eigenvalue weighted by molar-refractivity contribution is 5.94. The minimum Gasteiger partial charge on any atom is -0.481 e. The number of nitrogens with one attached hydrogen (secondary N) is 1. The molecule has 0 heterocycles. The number of hydrogen-bond donors (Lipinski definition) is 2. The number of carbonyl (C=O) groups is 2. The molecule has 0 saturated heterocycles. The minimum atomic E-state index is -0.951. The summed E-state index contributed by atoms with van der Waals surface area (Å²) in [6, 6.07) is 8.63. The normalized spacial score (nSPS) is 17.0. The van der Waals surface area contributed by atoms with E-state index in [1.165, 1.54) is 0 Å². The van der Waals surface area contributed by atoms with Gasteiger partial charge < -0.3 is 10.4 Å². The molecule has 5 nitrogen and oxygen atoms in total. The molecule has 0 bridgehead atoms. The molecule has 116 valence electrons. The van der Waals surface area contributed by atoms with E-state index in [-0.39, 0.29) is 12.3 Å². The number of nitrogens with zero attached hydrogens (tertiary/aromatic N) is 1. The van der Waals surface area contributed by atoms with Crippen molar-refractivity contribution in [2.75, 3.05) is 5.32 Å². The van der Waals surface area contributed by atoms with Gasteiger partial charge in [-0.25, -0.2) is 0 Å². The number of benzene rings is 1. The molecule has 1 aliphatic rings. The molecular weight excluding hydrogens is 280 g/mol. The highest BCUT2D eigenvalue weighted by Crippen LogP contribution is 2.38. The maximum absolute atomic E-state index is 12.2. The number of carboxylic acid groups (broad SMARTS) is 1. The lowest BCUT2D eigenvalue weighted by atomic mass is 9.77. The molecule has 1 aliphatic carbocycles. The summed E-state index contributed by atoms with van der Waals surface area (Å²) in [5.41, 5.74) is 0.0337. The summed E-state index contributed by atoms with van der Waals surface area (Å²) in [7, 11) is 0. The van der Waals surface area contributed by atoms with E-state index >= 15 is 0 Å². The lowest BCUT2D eigenvalue weighted by Crippen LogP contribution is -2.35. The van der Waals surface area contributed by atoms with Crippen LogP contribution in [0.3, 0.4) is 0 Å². The maximum Gasteiger partial charge on any atom is 0.310 e. The Balaban J connectivity index is 2.08. The van der Waals surface area contributed by atoms with E-state index in [0.29, 0.717) is 24.1 Å². The van der Waals surface area contributed by atoms with E-state index in [0.717, 1.165) is 25.7 Å². The number of nitriles is 1. The topological polar surface area (TPSA) is 90.2 Å². The first-order valence-corrected chi connectivity index (χ1v) is 7.59. The zero-order chi connectivity index (χ0) is 16.0. The molecule has 22 heavy (non-hydrogen) atoms. The Bertz CT molecular complexity index is 596. The Morgan fingerprint density at radius 3 is 2.50 bits per heavy atom. The van der Waals surface area contributed by atoms with E-state index < -0.39 is 11.4 Å². The fraction of sp³-hybridized carbons (Fsp3) is 0.471. The predicted octanol–water partition coefficient (Wildman–Crippen LogP) is 3.31. The van der Waals surface area contributed by atoms with Gasteiger partial charge in [0.05, 0.1) is 17.0 Å². The average Bonchev–Trinajstić information content (AvgIpc) is 2.74. The van der Waals surface area contributed by atoms with Crippen LogP contribution >= 0.6 is 0 Å². The highest BCUT2D eigenvalue weighted by Gasteiger charge is 2.40. The number of hydrogen-bond acceptors (Lipinski definition) is 3. The lowest BCUT2D eigenvalue weighted by molar-refractivity contribution is -0.152. The molecule has 1 fully saturated rings. The molecule has 1 saturated carbocycles. The maximum atomic E-state index is 12.2. The fourth-order valence-corrected chi connectivity index (χ4v) is 3.05. The fourth-order valence-electron chi connectivity index (χ4n) is 3.05. The summed E-state index contributed by atoms with van der Waals surface area (Å²) in [4.78, 5) is 23.9.